The van der Waals surface area contributed by atoms with Crippen LogP contribution in [0.5, 0.6) is 0 Å². The summed E-state index contributed by atoms with van der Waals surface area (Å²) in [5.74, 6) is 0.0676. The van der Waals surface area contributed by atoms with Gasteiger partial charge in [0.2, 0.25) is 5.91 Å². The Bertz CT molecular complexity index is 774. The minimum atomic E-state index is -0.332. The molecular formula is C19H26N4O2S. The van der Waals surface area contributed by atoms with Crippen molar-refractivity contribution >= 4 is 17.2 Å². The van der Waals surface area contributed by atoms with Crippen molar-refractivity contribution in [3.05, 3.63) is 49.8 Å². The standard InChI is InChI=1S/C19H26N4O2S/c1-13-17(14(2)21-19(25)20-13)7-8-18(24)22-15-5-3-9-23(11-15)12-16-6-4-10-26-16/h4,6,10,15H,3,5,7-9,11-12H2,1-2H3,(H,22,24)(H,20,21,25)/t15-/m1/s1. The lowest BCUT2D eigenvalue weighted by atomic mass is 10.0. The molecule has 0 spiro atoms. The molecule has 0 aliphatic carbocycles. The van der Waals surface area contributed by atoms with Crippen LogP contribution in [0.3, 0.4) is 0 Å². The third kappa shape index (κ3) is 5.02. The Labute approximate surface area is 157 Å². The monoisotopic (exact) mass is 374 g/mol. The van der Waals surface area contributed by atoms with Crippen molar-refractivity contribution < 1.29 is 4.79 Å². The quantitative estimate of drug-likeness (QED) is 0.812. The summed E-state index contributed by atoms with van der Waals surface area (Å²) in [5.41, 5.74) is 2.14. The first kappa shape index (κ1) is 18.8. The van der Waals surface area contributed by atoms with E-state index in [1.807, 2.05) is 13.8 Å². The lowest BCUT2D eigenvalue weighted by Crippen LogP contribution is -2.47. The normalized spacial score (nSPS) is 18.0. The van der Waals surface area contributed by atoms with E-state index in [9.17, 15) is 9.59 Å². The number of nitrogens with one attached hydrogen (secondary N) is 2. The first-order valence-electron chi connectivity index (χ1n) is 9.12. The molecule has 1 atom stereocenters. The Morgan fingerprint density at radius 2 is 2.31 bits per heavy atom. The smallest absolute Gasteiger partial charge is 0.345 e. The van der Waals surface area contributed by atoms with Gasteiger partial charge in [0.15, 0.2) is 0 Å². The van der Waals surface area contributed by atoms with Crippen molar-refractivity contribution in [3.63, 3.8) is 0 Å². The van der Waals surface area contributed by atoms with Crippen LogP contribution in [0.15, 0.2) is 22.3 Å². The second kappa shape index (κ2) is 8.60. The lowest BCUT2D eigenvalue weighted by molar-refractivity contribution is -0.122. The van der Waals surface area contributed by atoms with Crippen LogP contribution in [0.2, 0.25) is 0 Å². The van der Waals surface area contributed by atoms with Crippen LogP contribution in [0.25, 0.3) is 0 Å². The number of aryl methyl sites for hydroxylation is 2. The summed E-state index contributed by atoms with van der Waals surface area (Å²) >= 11 is 1.78. The van der Waals surface area contributed by atoms with Crippen LogP contribution in [0, 0.1) is 13.8 Å². The van der Waals surface area contributed by atoms with Crippen molar-refractivity contribution in [1.29, 1.82) is 0 Å². The Balaban J connectivity index is 1.49. The maximum absolute atomic E-state index is 12.4. The first-order valence-corrected chi connectivity index (χ1v) is 9.99. The van der Waals surface area contributed by atoms with E-state index in [4.69, 9.17) is 0 Å². The highest BCUT2D eigenvalue weighted by Gasteiger charge is 2.21. The molecule has 0 bridgehead atoms. The Hall–Kier alpha value is -1.99. The molecule has 7 heteroatoms. The average molecular weight is 375 g/mol. The molecule has 1 aliphatic heterocycles. The van der Waals surface area contributed by atoms with Gasteiger partial charge in [-0.2, -0.15) is 4.98 Å². The predicted octanol–water partition coefficient (Wildman–Crippen LogP) is 2.16. The third-order valence-corrected chi connectivity index (χ3v) is 5.75. The van der Waals surface area contributed by atoms with Crippen molar-refractivity contribution in [2.45, 2.75) is 52.1 Å². The number of nitrogens with zero attached hydrogens (tertiary/aromatic N) is 2. The van der Waals surface area contributed by atoms with Gasteiger partial charge in [-0.15, -0.1) is 11.3 Å². The van der Waals surface area contributed by atoms with E-state index in [1.165, 1.54) is 4.88 Å². The minimum absolute atomic E-state index is 0.0676. The van der Waals surface area contributed by atoms with E-state index in [0.717, 1.165) is 43.7 Å². The second-order valence-corrected chi connectivity index (χ2v) is 7.98. The summed E-state index contributed by atoms with van der Waals surface area (Å²) in [6, 6.07) is 4.46. The van der Waals surface area contributed by atoms with Gasteiger partial charge in [0.05, 0.1) is 0 Å². The van der Waals surface area contributed by atoms with E-state index < -0.39 is 0 Å². The van der Waals surface area contributed by atoms with Crippen molar-refractivity contribution in [2.75, 3.05) is 13.1 Å². The molecule has 6 nitrogen and oxygen atoms in total. The van der Waals surface area contributed by atoms with Crippen molar-refractivity contribution in [1.82, 2.24) is 20.2 Å². The van der Waals surface area contributed by atoms with E-state index in [1.54, 1.807) is 11.3 Å². The van der Waals surface area contributed by atoms with Crippen LogP contribution in [0.1, 0.15) is 41.1 Å². The minimum Gasteiger partial charge on any atom is -0.352 e. The van der Waals surface area contributed by atoms with Gasteiger partial charge in [-0.1, -0.05) is 6.07 Å². The fourth-order valence-corrected chi connectivity index (χ4v) is 4.35. The van der Waals surface area contributed by atoms with Crippen LogP contribution in [-0.4, -0.2) is 39.9 Å². The highest BCUT2D eigenvalue weighted by molar-refractivity contribution is 7.09. The number of aromatic nitrogens is 2. The second-order valence-electron chi connectivity index (χ2n) is 6.95. The maximum atomic E-state index is 12.4. The molecule has 0 radical (unpaired) electrons. The number of carbonyl (C=O) groups is 1. The van der Waals surface area contributed by atoms with Crippen LogP contribution >= 0.6 is 11.3 Å². The molecule has 140 valence electrons. The van der Waals surface area contributed by atoms with Gasteiger partial charge in [0.1, 0.15) is 0 Å². The third-order valence-electron chi connectivity index (χ3n) is 4.89. The number of piperidine rings is 1. The largest absolute Gasteiger partial charge is 0.352 e. The van der Waals surface area contributed by atoms with E-state index in [0.29, 0.717) is 18.5 Å². The number of hydrogen-bond acceptors (Lipinski definition) is 5. The molecule has 2 N–H and O–H groups in total. The number of rotatable bonds is 6. The molecule has 1 saturated heterocycles. The van der Waals surface area contributed by atoms with Gasteiger partial charge >= 0.3 is 5.69 Å². The van der Waals surface area contributed by atoms with Gasteiger partial charge in [-0.3, -0.25) is 9.69 Å². The van der Waals surface area contributed by atoms with Crippen molar-refractivity contribution in [2.24, 2.45) is 0 Å². The van der Waals surface area contributed by atoms with E-state index >= 15 is 0 Å². The topological polar surface area (TPSA) is 78.1 Å². The van der Waals surface area contributed by atoms with E-state index in [-0.39, 0.29) is 17.6 Å². The number of amides is 1. The van der Waals surface area contributed by atoms with Crippen LogP contribution < -0.4 is 11.0 Å². The van der Waals surface area contributed by atoms with Gasteiger partial charge < -0.3 is 10.3 Å². The Kier molecular flexibility index (Phi) is 6.21. The van der Waals surface area contributed by atoms with Gasteiger partial charge in [0, 0.05) is 41.8 Å². The number of H-pyrrole nitrogens is 1. The molecule has 2 aromatic heterocycles. The van der Waals surface area contributed by atoms with Crippen LogP contribution in [0.4, 0.5) is 0 Å². The Morgan fingerprint density at radius 3 is 3.04 bits per heavy atom. The molecule has 0 unspecified atom stereocenters. The number of hydrogen-bond donors (Lipinski definition) is 2. The van der Waals surface area contributed by atoms with Gasteiger partial charge in [0.25, 0.3) is 0 Å². The van der Waals surface area contributed by atoms with Gasteiger partial charge in [-0.25, -0.2) is 4.79 Å². The Morgan fingerprint density at radius 1 is 1.46 bits per heavy atom. The lowest BCUT2D eigenvalue weighted by Gasteiger charge is -2.32. The fourth-order valence-electron chi connectivity index (χ4n) is 3.60. The molecule has 1 aliphatic rings. The summed E-state index contributed by atoms with van der Waals surface area (Å²) < 4.78 is 0. The van der Waals surface area contributed by atoms with Gasteiger partial charge in [-0.05, 0) is 56.7 Å². The summed E-state index contributed by atoms with van der Waals surface area (Å²) in [5, 5.41) is 5.28. The fraction of sp³-hybridized carbons (Fsp3) is 0.526. The molecule has 1 fully saturated rings. The summed E-state index contributed by atoms with van der Waals surface area (Å²) in [7, 11) is 0. The molecule has 3 rings (SSSR count). The molecular weight excluding hydrogens is 348 g/mol. The maximum Gasteiger partial charge on any atom is 0.345 e. The van der Waals surface area contributed by atoms with Crippen LogP contribution in [-0.2, 0) is 17.8 Å². The predicted molar refractivity (Wildman–Crippen MR) is 103 cm³/mol. The highest BCUT2D eigenvalue weighted by atomic mass is 32.1. The molecule has 2 aromatic rings. The summed E-state index contributed by atoms with van der Waals surface area (Å²) in [4.78, 5) is 34.2. The number of likely N-dealkylation sites (tertiary alicyclic amines) is 1. The summed E-state index contributed by atoms with van der Waals surface area (Å²) in [6.45, 7) is 6.63. The number of aromatic amines is 1. The highest BCUT2D eigenvalue weighted by Crippen LogP contribution is 2.17. The molecule has 26 heavy (non-hydrogen) atoms. The zero-order valence-corrected chi connectivity index (χ0v) is 16.2. The number of carbonyl (C=O) groups excluding carboxylic acids is 1. The van der Waals surface area contributed by atoms with E-state index in [2.05, 4.69) is 37.7 Å². The zero-order valence-electron chi connectivity index (χ0n) is 15.4. The van der Waals surface area contributed by atoms with Crippen molar-refractivity contribution in [3.8, 4) is 0 Å². The molecule has 0 saturated carbocycles. The molecule has 3 heterocycles. The molecule has 1 amide bonds. The average Bonchev–Trinajstić information content (AvgIpc) is 3.07. The zero-order chi connectivity index (χ0) is 18.5. The molecule has 0 aromatic carbocycles. The number of thiophene rings is 1. The first-order chi connectivity index (χ1) is 12.5. The SMILES string of the molecule is Cc1nc(=O)[nH]c(C)c1CCC(=O)N[C@@H]1CCCN(Cc2cccs2)C1. The summed E-state index contributed by atoms with van der Waals surface area (Å²) in [6.07, 6.45) is 3.15.